The number of hydrogen-bond acceptors (Lipinski definition) is 5. The molecule has 0 saturated heterocycles. The number of carbonyl (C=O) groups is 1. The third kappa shape index (κ3) is 14.9. The van der Waals surface area contributed by atoms with E-state index in [2.05, 4.69) is 51.5 Å². The first kappa shape index (κ1) is 32.5. The summed E-state index contributed by atoms with van der Waals surface area (Å²) < 4.78 is 12.8. The summed E-state index contributed by atoms with van der Waals surface area (Å²) in [7, 11) is -3.68. The van der Waals surface area contributed by atoms with Gasteiger partial charge < -0.3 is 14.2 Å². The molecule has 0 aromatic heterocycles. The van der Waals surface area contributed by atoms with E-state index in [1.165, 1.54) is 69.2 Å². The van der Waals surface area contributed by atoms with Crippen LogP contribution in [0.15, 0.2) is 24.3 Å². The topological polar surface area (TPSA) is 90.7 Å². The van der Waals surface area contributed by atoms with Gasteiger partial charge >= 0.3 is 0 Å². The van der Waals surface area contributed by atoms with Crippen molar-refractivity contribution in [3.8, 4) is 0 Å². The number of rotatable bonds is 19. The van der Waals surface area contributed by atoms with Crippen LogP contribution in [0, 0.1) is 10.1 Å². The van der Waals surface area contributed by atoms with Crippen LogP contribution in [-0.4, -0.2) is 46.2 Å². The SMILES string of the molecule is CCCCCCCCCCCC(O[Si](C)(C)C)C(CO[Si](C)(C)C)NC(=O)c1ccc([N+](=O)[O-])cc1. The first-order valence-electron chi connectivity index (χ1n) is 13.7. The van der Waals surface area contributed by atoms with Gasteiger partial charge in [-0.15, -0.1) is 0 Å². The van der Waals surface area contributed by atoms with Crippen LogP contribution >= 0.6 is 0 Å². The van der Waals surface area contributed by atoms with E-state index in [1.807, 2.05) is 0 Å². The van der Waals surface area contributed by atoms with Crippen LogP contribution in [0.4, 0.5) is 5.69 Å². The molecule has 1 aromatic rings. The van der Waals surface area contributed by atoms with Crippen LogP contribution in [0.2, 0.25) is 39.3 Å². The molecule has 0 aliphatic heterocycles. The second-order valence-electron chi connectivity index (χ2n) is 11.7. The molecule has 0 spiro atoms. The lowest BCUT2D eigenvalue weighted by atomic mass is 10.0. The molecule has 7 nitrogen and oxygen atoms in total. The monoisotopic (exact) mass is 538 g/mol. The number of nitrogens with one attached hydrogen (secondary N) is 1. The van der Waals surface area contributed by atoms with E-state index in [0.29, 0.717) is 12.2 Å². The zero-order chi connectivity index (χ0) is 27.2. The van der Waals surface area contributed by atoms with Gasteiger partial charge in [0.15, 0.2) is 16.6 Å². The number of nitro groups is 1. The first-order valence-corrected chi connectivity index (χ1v) is 20.5. The van der Waals surface area contributed by atoms with Crippen molar-refractivity contribution in [2.24, 2.45) is 0 Å². The normalized spacial score (nSPS) is 13.9. The molecular formula is C27H50N2O5Si2. The lowest BCUT2D eigenvalue weighted by molar-refractivity contribution is -0.384. The van der Waals surface area contributed by atoms with E-state index >= 15 is 0 Å². The number of unbranched alkanes of at least 4 members (excludes halogenated alkanes) is 8. The van der Waals surface area contributed by atoms with E-state index in [-0.39, 0.29) is 23.7 Å². The third-order valence-corrected chi connectivity index (χ3v) is 7.94. The Morgan fingerprint density at radius 2 is 1.42 bits per heavy atom. The van der Waals surface area contributed by atoms with Crippen LogP contribution in [0.5, 0.6) is 0 Å². The fourth-order valence-corrected chi connectivity index (χ4v) is 5.89. The minimum Gasteiger partial charge on any atom is -0.415 e. The lowest BCUT2D eigenvalue weighted by Crippen LogP contribution is -2.51. The molecule has 1 amide bonds. The summed E-state index contributed by atoms with van der Waals surface area (Å²) in [5.41, 5.74) is 0.365. The number of carbonyl (C=O) groups excluding carboxylic acids is 1. The summed E-state index contributed by atoms with van der Waals surface area (Å²) >= 11 is 0. The van der Waals surface area contributed by atoms with Gasteiger partial charge in [0, 0.05) is 17.7 Å². The number of hydrogen-bond donors (Lipinski definition) is 1. The van der Waals surface area contributed by atoms with Gasteiger partial charge in [-0.3, -0.25) is 14.9 Å². The molecule has 0 bridgehead atoms. The quantitative estimate of drug-likeness (QED) is 0.0844. The van der Waals surface area contributed by atoms with Crippen LogP contribution in [0.25, 0.3) is 0 Å². The molecule has 1 N–H and O–H groups in total. The van der Waals surface area contributed by atoms with E-state index in [4.69, 9.17) is 8.85 Å². The minimum absolute atomic E-state index is 0.0320. The maximum Gasteiger partial charge on any atom is 0.269 e. The van der Waals surface area contributed by atoms with Gasteiger partial charge in [-0.05, 0) is 57.8 Å². The van der Waals surface area contributed by atoms with Gasteiger partial charge in [-0.2, -0.15) is 0 Å². The van der Waals surface area contributed by atoms with Crippen molar-refractivity contribution >= 4 is 28.2 Å². The maximum absolute atomic E-state index is 13.1. The Hall–Kier alpha value is -1.56. The molecule has 0 heterocycles. The molecule has 0 radical (unpaired) electrons. The lowest BCUT2D eigenvalue weighted by Gasteiger charge is -2.34. The van der Waals surface area contributed by atoms with E-state index in [9.17, 15) is 14.9 Å². The van der Waals surface area contributed by atoms with Crippen LogP contribution in [0.3, 0.4) is 0 Å². The molecular weight excluding hydrogens is 488 g/mol. The molecule has 0 aliphatic rings. The van der Waals surface area contributed by atoms with Gasteiger partial charge in [0.2, 0.25) is 0 Å². The predicted octanol–water partition coefficient (Wildman–Crippen LogP) is 7.69. The number of nitrogens with zero attached hydrogens (tertiary/aromatic N) is 1. The predicted molar refractivity (Wildman–Crippen MR) is 154 cm³/mol. The second kappa shape index (κ2) is 16.3. The highest BCUT2D eigenvalue weighted by Gasteiger charge is 2.31. The highest BCUT2D eigenvalue weighted by atomic mass is 28.4. The van der Waals surface area contributed by atoms with Crippen molar-refractivity contribution in [1.82, 2.24) is 5.32 Å². The molecule has 2 unspecified atom stereocenters. The molecule has 0 aliphatic carbocycles. The Bertz CT molecular complexity index is 776. The van der Waals surface area contributed by atoms with Gasteiger partial charge in [-0.1, -0.05) is 64.7 Å². The molecule has 9 heteroatoms. The number of nitro benzene ring substituents is 1. The second-order valence-corrected chi connectivity index (χ2v) is 20.7. The Balaban J connectivity index is 2.84. The van der Waals surface area contributed by atoms with Gasteiger partial charge in [-0.25, -0.2) is 0 Å². The summed E-state index contributed by atoms with van der Waals surface area (Å²) in [6.45, 7) is 15.6. The van der Waals surface area contributed by atoms with Crippen molar-refractivity contribution in [3.63, 3.8) is 0 Å². The van der Waals surface area contributed by atoms with E-state index in [1.54, 1.807) is 0 Å². The van der Waals surface area contributed by atoms with Crippen LogP contribution in [0.1, 0.15) is 81.5 Å². The van der Waals surface area contributed by atoms with Crippen molar-refractivity contribution in [2.45, 2.75) is 123 Å². The molecule has 1 aromatic carbocycles. The van der Waals surface area contributed by atoms with Crippen LogP contribution < -0.4 is 5.32 Å². The van der Waals surface area contributed by atoms with Gasteiger partial charge in [0.1, 0.15) is 0 Å². The van der Waals surface area contributed by atoms with Gasteiger partial charge in [0.25, 0.3) is 11.6 Å². The first-order chi connectivity index (χ1) is 16.8. The van der Waals surface area contributed by atoms with Gasteiger partial charge in [0.05, 0.1) is 23.7 Å². The Morgan fingerprint density at radius 3 is 1.89 bits per heavy atom. The highest BCUT2D eigenvalue weighted by Crippen LogP contribution is 2.20. The number of benzene rings is 1. The van der Waals surface area contributed by atoms with Crippen molar-refractivity contribution in [1.29, 1.82) is 0 Å². The zero-order valence-corrected chi connectivity index (χ0v) is 25.7. The van der Waals surface area contributed by atoms with E-state index in [0.717, 1.165) is 19.3 Å². The summed E-state index contributed by atoms with van der Waals surface area (Å²) in [5.74, 6) is -0.259. The summed E-state index contributed by atoms with van der Waals surface area (Å²) in [5, 5.41) is 14.1. The molecule has 0 fully saturated rings. The summed E-state index contributed by atoms with van der Waals surface area (Å²) in [4.78, 5) is 23.6. The zero-order valence-electron chi connectivity index (χ0n) is 23.7. The highest BCUT2D eigenvalue weighted by molar-refractivity contribution is 6.70. The standard InChI is InChI=1S/C27H50N2O5Si2/c1-8-9-10-11-12-13-14-15-16-17-26(34-36(5,6)7)25(22-33-35(2,3)4)28-27(30)23-18-20-24(21-19-23)29(31)32/h18-21,25-26H,8-17,22H2,1-7H3,(H,28,30). The van der Waals surface area contributed by atoms with Crippen LogP contribution in [-0.2, 0) is 8.85 Å². The summed E-state index contributed by atoms with van der Waals surface area (Å²) in [6.07, 6.45) is 12.1. The molecule has 36 heavy (non-hydrogen) atoms. The van der Waals surface area contributed by atoms with E-state index < -0.39 is 21.6 Å². The van der Waals surface area contributed by atoms with Crippen molar-refractivity contribution in [3.05, 3.63) is 39.9 Å². The smallest absolute Gasteiger partial charge is 0.269 e. The van der Waals surface area contributed by atoms with Crippen molar-refractivity contribution in [2.75, 3.05) is 6.61 Å². The Morgan fingerprint density at radius 1 is 0.889 bits per heavy atom. The Labute approximate surface area is 221 Å². The molecule has 206 valence electrons. The Kier molecular flexibility index (Phi) is 14.7. The fraction of sp³-hybridized carbons (Fsp3) is 0.741. The minimum atomic E-state index is -1.87. The molecule has 1 rings (SSSR count). The number of non-ortho nitro benzene ring substituents is 1. The maximum atomic E-state index is 13.1. The largest absolute Gasteiger partial charge is 0.415 e. The average Bonchev–Trinajstić information content (AvgIpc) is 2.78. The molecule has 2 atom stereocenters. The fourth-order valence-electron chi connectivity index (χ4n) is 4.02. The average molecular weight is 539 g/mol. The number of amides is 1. The molecule has 0 saturated carbocycles. The third-order valence-electron chi connectivity index (χ3n) is 5.90. The summed E-state index contributed by atoms with van der Waals surface area (Å²) in [6, 6.07) is 5.44. The van der Waals surface area contributed by atoms with Crippen molar-refractivity contribution < 1.29 is 18.6 Å².